The molecule has 0 aliphatic heterocycles. The first-order chi connectivity index (χ1) is 9.88. The first kappa shape index (κ1) is 15.6. The van der Waals surface area contributed by atoms with Crippen LogP contribution in [-0.2, 0) is 12.7 Å². The quantitative estimate of drug-likeness (QED) is 0.878. The van der Waals surface area contributed by atoms with E-state index in [-0.39, 0.29) is 11.6 Å². The third-order valence-electron chi connectivity index (χ3n) is 2.62. The van der Waals surface area contributed by atoms with E-state index in [2.05, 4.69) is 20.6 Å². The standard InChI is InChI=1S/C13H15F3N4S/c1-3-17-11-4-9(13(14,15)16)5-12(20-11)19-7-10-6-18-8(2)21-10/h4-6H,3,7H2,1-2H3,(H2,17,19,20). The van der Waals surface area contributed by atoms with Crippen molar-refractivity contribution in [1.29, 1.82) is 0 Å². The van der Waals surface area contributed by atoms with Gasteiger partial charge in [0.2, 0.25) is 0 Å². The molecule has 2 rings (SSSR count). The molecule has 0 amide bonds. The van der Waals surface area contributed by atoms with Crippen molar-refractivity contribution < 1.29 is 13.2 Å². The van der Waals surface area contributed by atoms with Crippen LogP contribution in [0.25, 0.3) is 0 Å². The van der Waals surface area contributed by atoms with Gasteiger partial charge in [-0.15, -0.1) is 11.3 Å². The topological polar surface area (TPSA) is 49.8 Å². The third-order valence-corrected chi connectivity index (χ3v) is 3.54. The fraction of sp³-hybridized carbons (Fsp3) is 0.385. The molecular formula is C13H15F3N4S. The second-order valence-electron chi connectivity index (χ2n) is 4.35. The number of nitrogens with one attached hydrogen (secondary N) is 2. The highest BCUT2D eigenvalue weighted by Gasteiger charge is 2.31. The maximum absolute atomic E-state index is 12.9. The summed E-state index contributed by atoms with van der Waals surface area (Å²) in [5.74, 6) is 0.391. The van der Waals surface area contributed by atoms with Crippen LogP contribution in [0.4, 0.5) is 24.8 Å². The molecule has 2 aromatic rings. The lowest BCUT2D eigenvalue weighted by molar-refractivity contribution is -0.137. The number of aromatic nitrogens is 2. The normalized spacial score (nSPS) is 11.5. The molecule has 0 radical (unpaired) electrons. The van der Waals surface area contributed by atoms with Gasteiger partial charge < -0.3 is 10.6 Å². The molecule has 0 fully saturated rings. The van der Waals surface area contributed by atoms with Crippen molar-refractivity contribution in [3.8, 4) is 0 Å². The predicted molar refractivity (Wildman–Crippen MR) is 77.6 cm³/mol. The van der Waals surface area contributed by atoms with Gasteiger partial charge in [-0.3, -0.25) is 0 Å². The Labute approximate surface area is 124 Å². The van der Waals surface area contributed by atoms with Gasteiger partial charge >= 0.3 is 6.18 Å². The first-order valence-electron chi connectivity index (χ1n) is 6.37. The van der Waals surface area contributed by atoms with E-state index in [0.717, 1.165) is 22.0 Å². The number of alkyl halides is 3. The van der Waals surface area contributed by atoms with Crippen molar-refractivity contribution in [2.75, 3.05) is 17.2 Å². The minimum Gasteiger partial charge on any atom is -0.370 e. The summed E-state index contributed by atoms with van der Waals surface area (Å²) in [6.45, 7) is 4.57. The summed E-state index contributed by atoms with van der Waals surface area (Å²) < 4.78 is 38.6. The maximum Gasteiger partial charge on any atom is 0.416 e. The number of nitrogens with zero attached hydrogens (tertiary/aromatic N) is 2. The van der Waals surface area contributed by atoms with Gasteiger partial charge in [-0.2, -0.15) is 13.2 Å². The van der Waals surface area contributed by atoms with Crippen molar-refractivity contribution >= 4 is 23.0 Å². The zero-order valence-electron chi connectivity index (χ0n) is 11.6. The minimum atomic E-state index is -4.40. The molecule has 0 atom stereocenters. The monoisotopic (exact) mass is 316 g/mol. The lowest BCUT2D eigenvalue weighted by Gasteiger charge is -2.12. The van der Waals surface area contributed by atoms with Crippen molar-refractivity contribution in [2.45, 2.75) is 26.6 Å². The summed E-state index contributed by atoms with van der Waals surface area (Å²) in [6, 6.07) is 2.01. The number of anilines is 2. The molecule has 21 heavy (non-hydrogen) atoms. The molecule has 0 saturated heterocycles. The van der Waals surface area contributed by atoms with Crippen LogP contribution in [0.5, 0.6) is 0 Å². The maximum atomic E-state index is 12.9. The largest absolute Gasteiger partial charge is 0.416 e. The van der Waals surface area contributed by atoms with E-state index in [4.69, 9.17) is 0 Å². The Kier molecular flexibility index (Phi) is 4.66. The molecule has 0 spiro atoms. The van der Waals surface area contributed by atoms with Crippen LogP contribution in [0.15, 0.2) is 18.3 Å². The summed E-state index contributed by atoms with van der Waals surface area (Å²) in [7, 11) is 0. The molecule has 0 unspecified atom stereocenters. The van der Waals surface area contributed by atoms with Gasteiger partial charge in [-0.05, 0) is 26.0 Å². The zero-order chi connectivity index (χ0) is 15.5. The van der Waals surface area contributed by atoms with Crippen LogP contribution in [0, 0.1) is 6.92 Å². The van der Waals surface area contributed by atoms with Crippen LogP contribution in [-0.4, -0.2) is 16.5 Å². The van der Waals surface area contributed by atoms with Crippen LogP contribution in [0.1, 0.15) is 22.4 Å². The van der Waals surface area contributed by atoms with E-state index in [0.29, 0.717) is 13.1 Å². The Morgan fingerprint density at radius 1 is 1.19 bits per heavy atom. The van der Waals surface area contributed by atoms with Crippen molar-refractivity contribution in [3.05, 3.63) is 33.8 Å². The molecule has 2 aromatic heterocycles. The van der Waals surface area contributed by atoms with Gasteiger partial charge in [0, 0.05) is 17.6 Å². The molecule has 0 aliphatic carbocycles. The van der Waals surface area contributed by atoms with Crippen molar-refractivity contribution in [3.63, 3.8) is 0 Å². The molecule has 2 N–H and O–H groups in total. The summed E-state index contributed by atoms with van der Waals surface area (Å²) in [6.07, 6.45) is -2.70. The Hall–Kier alpha value is -1.83. The number of hydrogen-bond acceptors (Lipinski definition) is 5. The Bertz CT molecular complexity index is 610. The molecule has 0 aliphatic rings. The number of pyridine rings is 1. The lowest BCUT2D eigenvalue weighted by Crippen LogP contribution is -2.10. The average molecular weight is 316 g/mol. The SMILES string of the molecule is CCNc1cc(C(F)(F)F)cc(NCc2cnc(C)s2)n1. The summed E-state index contributed by atoms with van der Waals surface area (Å²) in [5, 5.41) is 6.62. The molecule has 114 valence electrons. The molecular weight excluding hydrogens is 301 g/mol. The lowest BCUT2D eigenvalue weighted by atomic mass is 10.2. The van der Waals surface area contributed by atoms with Crippen LogP contribution in [0.2, 0.25) is 0 Å². The smallest absolute Gasteiger partial charge is 0.370 e. The highest BCUT2D eigenvalue weighted by molar-refractivity contribution is 7.11. The van der Waals surface area contributed by atoms with E-state index in [1.54, 1.807) is 13.1 Å². The number of aryl methyl sites for hydroxylation is 1. The highest BCUT2D eigenvalue weighted by Crippen LogP contribution is 2.32. The van der Waals surface area contributed by atoms with Gasteiger partial charge in [0.25, 0.3) is 0 Å². The number of hydrogen-bond donors (Lipinski definition) is 2. The molecule has 8 heteroatoms. The second-order valence-corrected chi connectivity index (χ2v) is 5.67. The van der Waals surface area contributed by atoms with E-state index < -0.39 is 11.7 Å². The Morgan fingerprint density at radius 3 is 2.38 bits per heavy atom. The molecule has 0 saturated carbocycles. The predicted octanol–water partition coefficient (Wildman–Crippen LogP) is 3.91. The second kappa shape index (κ2) is 6.30. The fourth-order valence-electron chi connectivity index (χ4n) is 1.72. The van der Waals surface area contributed by atoms with Crippen molar-refractivity contribution in [1.82, 2.24) is 9.97 Å². The van der Waals surface area contributed by atoms with E-state index in [9.17, 15) is 13.2 Å². The number of thiazole rings is 1. The summed E-state index contributed by atoms with van der Waals surface area (Å²) >= 11 is 1.49. The Balaban J connectivity index is 2.19. The van der Waals surface area contributed by atoms with E-state index in [1.807, 2.05) is 6.92 Å². The summed E-state index contributed by atoms with van der Waals surface area (Å²) in [4.78, 5) is 9.16. The number of rotatable bonds is 5. The van der Waals surface area contributed by atoms with E-state index >= 15 is 0 Å². The highest BCUT2D eigenvalue weighted by atomic mass is 32.1. The van der Waals surface area contributed by atoms with Crippen LogP contribution in [0.3, 0.4) is 0 Å². The van der Waals surface area contributed by atoms with Gasteiger partial charge in [0.15, 0.2) is 0 Å². The number of halogens is 3. The van der Waals surface area contributed by atoms with Crippen LogP contribution < -0.4 is 10.6 Å². The van der Waals surface area contributed by atoms with Crippen molar-refractivity contribution in [2.24, 2.45) is 0 Å². The van der Waals surface area contributed by atoms with Gasteiger partial charge in [-0.25, -0.2) is 9.97 Å². The Morgan fingerprint density at radius 2 is 1.86 bits per heavy atom. The molecule has 0 aromatic carbocycles. The van der Waals surface area contributed by atoms with E-state index in [1.165, 1.54) is 11.3 Å². The first-order valence-corrected chi connectivity index (χ1v) is 7.18. The van der Waals surface area contributed by atoms with Gasteiger partial charge in [0.05, 0.1) is 17.1 Å². The van der Waals surface area contributed by atoms with Gasteiger partial charge in [0.1, 0.15) is 11.6 Å². The zero-order valence-corrected chi connectivity index (χ0v) is 12.4. The molecule has 0 bridgehead atoms. The average Bonchev–Trinajstić information content (AvgIpc) is 2.81. The summed E-state index contributed by atoms with van der Waals surface area (Å²) in [5.41, 5.74) is -0.726. The minimum absolute atomic E-state index is 0.187. The third kappa shape index (κ3) is 4.32. The van der Waals surface area contributed by atoms with Crippen LogP contribution >= 0.6 is 11.3 Å². The molecule has 4 nitrogen and oxygen atoms in total. The van der Waals surface area contributed by atoms with Gasteiger partial charge in [-0.1, -0.05) is 0 Å². The molecule has 2 heterocycles. The fourth-order valence-corrected chi connectivity index (χ4v) is 2.46.